The summed E-state index contributed by atoms with van der Waals surface area (Å²) in [6.07, 6.45) is 3.16. The fraction of sp³-hybridized carbons (Fsp3) is 1.00. The Morgan fingerprint density at radius 2 is 1.77 bits per heavy atom. The molecule has 78 valence electrons. The van der Waals surface area contributed by atoms with Gasteiger partial charge in [-0.15, -0.1) is 4.83 Å². The van der Waals surface area contributed by atoms with Crippen LogP contribution in [0.1, 0.15) is 33.1 Å². The lowest BCUT2D eigenvalue weighted by atomic mass is 10.0. The second-order valence-electron chi connectivity index (χ2n) is 3.67. The van der Waals surface area contributed by atoms with Crippen LogP contribution in [0.4, 0.5) is 0 Å². The number of hydrogen-bond acceptors (Lipinski definition) is 3. The maximum absolute atomic E-state index is 10.8. The number of nitrogens with zero attached hydrogens (tertiary/aromatic N) is 1. The Balaban J connectivity index is 2.64. The number of hydrogen-bond donors (Lipinski definition) is 2. The van der Waals surface area contributed by atoms with Gasteiger partial charge in [-0.05, 0) is 26.7 Å². The first-order valence-electron chi connectivity index (χ1n) is 4.48. The minimum atomic E-state index is -3.61. The zero-order valence-electron chi connectivity index (χ0n) is 8.03. The topological polar surface area (TPSA) is 75.4 Å². The summed E-state index contributed by atoms with van der Waals surface area (Å²) in [7, 11) is -3.61. The van der Waals surface area contributed by atoms with Gasteiger partial charge in [0.25, 0.3) is 10.2 Å². The van der Waals surface area contributed by atoms with E-state index in [0.717, 1.165) is 19.3 Å². The maximum atomic E-state index is 10.8. The van der Waals surface area contributed by atoms with Crippen molar-refractivity contribution in [2.24, 2.45) is 5.14 Å². The highest BCUT2D eigenvalue weighted by atomic mass is 32.2. The van der Waals surface area contributed by atoms with E-state index in [1.54, 1.807) is 5.01 Å². The molecule has 1 aliphatic heterocycles. The minimum Gasteiger partial charge on any atom is -0.224 e. The van der Waals surface area contributed by atoms with Gasteiger partial charge in [0.15, 0.2) is 0 Å². The molecule has 0 amide bonds. The zero-order chi connectivity index (χ0) is 10.1. The molecule has 0 aromatic rings. The third-order valence-corrected chi connectivity index (χ3v) is 2.89. The first-order chi connectivity index (χ1) is 5.90. The lowest BCUT2D eigenvalue weighted by Crippen LogP contribution is -2.55. The summed E-state index contributed by atoms with van der Waals surface area (Å²) in [5, 5.41) is 6.63. The second kappa shape index (κ2) is 3.91. The van der Waals surface area contributed by atoms with Crippen LogP contribution in [0.2, 0.25) is 0 Å². The van der Waals surface area contributed by atoms with Gasteiger partial charge in [0.1, 0.15) is 0 Å². The molecule has 3 N–H and O–H groups in total. The van der Waals surface area contributed by atoms with Crippen LogP contribution in [0.5, 0.6) is 0 Å². The summed E-state index contributed by atoms with van der Waals surface area (Å²) >= 11 is 0. The average molecular weight is 207 g/mol. The third kappa shape index (κ3) is 3.22. The molecule has 0 spiro atoms. The molecule has 1 aliphatic rings. The van der Waals surface area contributed by atoms with Gasteiger partial charge in [-0.3, -0.25) is 0 Å². The van der Waals surface area contributed by atoms with Crippen molar-refractivity contribution in [2.45, 2.75) is 45.2 Å². The highest BCUT2D eigenvalue weighted by molar-refractivity contribution is 7.87. The van der Waals surface area contributed by atoms with Gasteiger partial charge in [0, 0.05) is 12.1 Å². The van der Waals surface area contributed by atoms with Crippen molar-refractivity contribution in [3.05, 3.63) is 0 Å². The summed E-state index contributed by atoms with van der Waals surface area (Å²) in [4.78, 5) is 2.34. The predicted molar refractivity (Wildman–Crippen MR) is 50.9 cm³/mol. The fourth-order valence-electron chi connectivity index (χ4n) is 1.75. The standard InChI is InChI=1S/C7H17N3O2S/c1-6-4-3-5-7(2)10(6)9-13(8,11)12/h6-7,9H,3-5H2,1-2H3,(H2,8,11,12). The smallest absolute Gasteiger partial charge is 0.224 e. The Labute approximate surface area is 79.4 Å². The molecule has 0 bridgehead atoms. The number of nitrogens with one attached hydrogen (secondary N) is 1. The van der Waals surface area contributed by atoms with Gasteiger partial charge in [-0.1, -0.05) is 6.42 Å². The van der Waals surface area contributed by atoms with Gasteiger partial charge < -0.3 is 0 Å². The van der Waals surface area contributed by atoms with Crippen LogP contribution in [0.15, 0.2) is 0 Å². The first-order valence-corrected chi connectivity index (χ1v) is 6.03. The molecule has 1 fully saturated rings. The monoisotopic (exact) mass is 207 g/mol. The minimum absolute atomic E-state index is 0.224. The van der Waals surface area contributed by atoms with Gasteiger partial charge in [-0.25, -0.2) is 10.1 Å². The van der Waals surface area contributed by atoms with E-state index in [9.17, 15) is 8.42 Å². The Bertz CT molecular complexity index is 255. The molecule has 6 heteroatoms. The Morgan fingerprint density at radius 3 is 2.15 bits per heavy atom. The molecule has 1 heterocycles. The van der Waals surface area contributed by atoms with Crippen molar-refractivity contribution in [1.29, 1.82) is 0 Å². The molecule has 1 rings (SSSR count). The molecule has 2 unspecified atom stereocenters. The van der Waals surface area contributed by atoms with E-state index in [0.29, 0.717) is 0 Å². The summed E-state index contributed by atoms with van der Waals surface area (Å²) in [5.41, 5.74) is 0. The zero-order valence-corrected chi connectivity index (χ0v) is 8.84. The fourth-order valence-corrected chi connectivity index (χ4v) is 2.40. The normalized spacial score (nSPS) is 31.9. The van der Waals surface area contributed by atoms with Crippen LogP contribution in [-0.2, 0) is 10.2 Å². The van der Waals surface area contributed by atoms with E-state index in [2.05, 4.69) is 4.83 Å². The van der Waals surface area contributed by atoms with Crippen LogP contribution in [0.25, 0.3) is 0 Å². The molecular formula is C7H17N3O2S. The highest BCUT2D eigenvalue weighted by Crippen LogP contribution is 2.20. The number of piperidine rings is 1. The first kappa shape index (κ1) is 10.9. The highest BCUT2D eigenvalue weighted by Gasteiger charge is 2.26. The van der Waals surface area contributed by atoms with Crippen molar-refractivity contribution in [2.75, 3.05) is 0 Å². The van der Waals surface area contributed by atoms with Crippen molar-refractivity contribution < 1.29 is 8.42 Å². The average Bonchev–Trinajstić information content (AvgIpc) is 1.95. The van der Waals surface area contributed by atoms with Crippen molar-refractivity contribution >= 4 is 10.2 Å². The number of nitrogens with two attached hydrogens (primary N) is 1. The Hall–Kier alpha value is -0.170. The van der Waals surface area contributed by atoms with E-state index in [4.69, 9.17) is 5.14 Å². The molecule has 5 nitrogen and oxygen atoms in total. The molecule has 0 aromatic carbocycles. The van der Waals surface area contributed by atoms with E-state index < -0.39 is 10.2 Å². The van der Waals surface area contributed by atoms with E-state index in [1.807, 2.05) is 13.8 Å². The summed E-state index contributed by atoms with van der Waals surface area (Å²) in [5.74, 6) is 0. The summed E-state index contributed by atoms with van der Waals surface area (Å²) < 4.78 is 21.6. The van der Waals surface area contributed by atoms with Crippen molar-refractivity contribution in [3.8, 4) is 0 Å². The third-order valence-electron chi connectivity index (χ3n) is 2.43. The number of hydrazine groups is 1. The van der Waals surface area contributed by atoms with Crippen LogP contribution >= 0.6 is 0 Å². The summed E-state index contributed by atoms with van der Waals surface area (Å²) in [6.45, 7) is 3.99. The Kier molecular flexibility index (Phi) is 3.28. The maximum Gasteiger partial charge on any atom is 0.287 e. The van der Waals surface area contributed by atoms with Gasteiger partial charge in [-0.2, -0.15) is 8.42 Å². The predicted octanol–water partition coefficient (Wildman–Crippen LogP) is -0.0426. The van der Waals surface area contributed by atoms with Crippen molar-refractivity contribution in [1.82, 2.24) is 9.84 Å². The molecule has 0 aliphatic carbocycles. The van der Waals surface area contributed by atoms with Crippen LogP contribution in [0.3, 0.4) is 0 Å². The van der Waals surface area contributed by atoms with Crippen LogP contribution < -0.4 is 9.97 Å². The quantitative estimate of drug-likeness (QED) is 0.667. The molecule has 2 atom stereocenters. The van der Waals surface area contributed by atoms with Crippen LogP contribution in [0, 0.1) is 0 Å². The van der Waals surface area contributed by atoms with Gasteiger partial charge in [0.05, 0.1) is 0 Å². The van der Waals surface area contributed by atoms with Crippen molar-refractivity contribution in [3.63, 3.8) is 0 Å². The lowest BCUT2D eigenvalue weighted by Gasteiger charge is -2.37. The molecule has 0 radical (unpaired) electrons. The molecule has 13 heavy (non-hydrogen) atoms. The molecular weight excluding hydrogens is 190 g/mol. The van der Waals surface area contributed by atoms with E-state index >= 15 is 0 Å². The van der Waals surface area contributed by atoms with Gasteiger partial charge >= 0.3 is 0 Å². The summed E-state index contributed by atoms with van der Waals surface area (Å²) in [6, 6.07) is 0.448. The van der Waals surface area contributed by atoms with Crippen LogP contribution in [-0.4, -0.2) is 25.5 Å². The Morgan fingerprint density at radius 1 is 1.31 bits per heavy atom. The molecule has 0 saturated carbocycles. The number of rotatable bonds is 2. The second-order valence-corrected chi connectivity index (χ2v) is 4.95. The largest absolute Gasteiger partial charge is 0.287 e. The van der Waals surface area contributed by atoms with Gasteiger partial charge in [0.2, 0.25) is 0 Å². The molecule has 1 saturated heterocycles. The SMILES string of the molecule is CC1CCCC(C)N1NS(N)(=O)=O. The lowest BCUT2D eigenvalue weighted by molar-refractivity contribution is 0.0790. The van der Waals surface area contributed by atoms with E-state index in [1.165, 1.54) is 0 Å². The van der Waals surface area contributed by atoms with E-state index in [-0.39, 0.29) is 12.1 Å². The molecule has 0 aromatic heterocycles.